The first-order valence-corrected chi connectivity index (χ1v) is 9.74. The lowest BCUT2D eigenvalue weighted by Gasteiger charge is -2.23. The Bertz CT molecular complexity index is 713. The van der Waals surface area contributed by atoms with E-state index in [2.05, 4.69) is 15.0 Å². The van der Waals surface area contributed by atoms with Crippen molar-refractivity contribution < 1.29 is 19.1 Å². The van der Waals surface area contributed by atoms with Crippen LogP contribution in [0.15, 0.2) is 47.5 Å². The first-order chi connectivity index (χ1) is 13.6. The third kappa shape index (κ3) is 6.44. The molecule has 1 aromatic carbocycles. The van der Waals surface area contributed by atoms with E-state index in [1.165, 1.54) is 7.11 Å². The van der Waals surface area contributed by atoms with Crippen LogP contribution >= 0.6 is 0 Å². The molecule has 0 saturated carbocycles. The molecule has 1 N–H and O–H groups in total. The average Bonchev–Trinajstić information content (AvgIpc) is 3.21. The van der Waals surface area contributed by atoms with E-state index in [0.717, 1.165) is 19.3 Å². The van der Waals surface area contributed by atoms with Gasteiger partial charge in [0, 0.05) is 31.2 Å². The van der Waals surface area contributed by atoms with Crippen LogP contribution in [0, 0.1) is 0 Å². The van der Waals surface area contributed by atoms with E-state index >= 15 is 0 Å². The Morgan fingerprint density at radius 3 is 2.50 bits per heavy atom. The number of carbonyl (C=O) groups excluding carboxylic acids is 3. The predicted molar refractivity (Wildman–Crippen MR) is 108 cm³/mol. The zero-order chi connectivity index (χ0) is 20.2. The van der Waals surface area contributed by atoms with Gasteiger partial charge in [-0.3, -0.25) is 19.4 Å². The molecule has 2 rings (SSSR count). The number of Topliss-reactive ketones (excluding diaryl/α,β-unsaturated/α-hetero) is 1. The first-order valence-electron chi connectivity index (χ1n) is 9.74. The fraction of sp³-hybridized carbons (Fsp3) is 0.455. The van der Waals surface area contributed by atoms with Crippen LogP contribution in [0.4, 0.5) is 0 Å². The highest BCUT2D eigenvalue weighted by atomic mass is 16.5. The van der Waals surface area contributed by atoms with E-state index in [9.17, 15) is 14.4 Å². The molecule has 150 valence electrons. The lowest BCUT2D eigenvalue weighted by Crippen LogP contribution is -2.34. The van der Waals surface area contributed by atoms with Crippen molar-refractivity contribution in [3.8, 4) is 0 Å². The van der Waals surface area contributed by atoms with Gasteiger partial charge in [-0.15, -0.1) is 0 Å². The molecule has 28 heavy (non-hydrogen) atoms. The number of rotatable bonds is 12. The van der Waals surface area contributed by atoms with Crippen LogP contribution < -0.4 is 5.32 Å². The summed E-state index contributed by atoms with van der Waals surface area (Å²) in [7, 11) is 1.39. The van der Waals surface area contributed by atoms with Gasteiger partial charge in [0.1, 0.15) is 5.54 Å². The number of nitrogens with zero attached hydrogens (tertiary/aromatic N) is 1. The van der Waals surface area contributed by atoms with Gasteiger partial charge >= 0.3 is 5.97 Å². The molecule has 6 heteroatoms. The van der Waals surface area contributed by atoms with Crippen molar-refractivity contribution in [3.05, 3.63) is 48.0 Å². The fourth-order valence-corrected chi connectivity index (χ4v) is 3.18. The minimum atomic E-state index is -0.783. The summed E-state index contributed by atoms with van der Waals surface area (Å²) in [6.45, 7) is 0.447. The Morgan fingerprint density at radius 1 is 1.04 bits per heavy atom. The standard InChI is InChI=1S/C22H28N2O4/c1-28-20(26)13-6-3-7-14-22(15-9-17-24-22)19(25)12-8-16-23-21(27)18-10-4-2-5-11-18/h2,4-5,9-11,15,17H,3,6-8,12-14,16H2,1H3,(H,23,27). The summed E-state index contributed by atoms with van der Waals surface area (Å²) in [6.07, 6.45) is 9.72. The van der Waals surface area contributed by atoms with Gasteiger partial charge in [0.2, 0.25) is 0 Å². The molecule has 0 aromatic heterocycles. The van der Waals surface area contributed by atoms with Crippen LogP contribution in [-0.4, -0.2) is 43.1 Å². The van der Waals surface area contributed by atoms with E-state index in [-0.39, 0.29) is 17.7 Å². The number of ether oxygens (including phenoxy) is 1. The highest BCUT2D eigenvalue weighted by Gasteiger charge is 2.34. The molecule has 0 bridgehead atoms. The van der Waals surface area contributed by atoms with E-state index in [1.807, 2.05) is 30.4 Å². The molecule has 0 spiro atoms. The average molecular weight is 384 g/mol. The number of methoxy groups -OCH3 is 1. The van der Waals surface area contributed by atoms with Crippen molar-refractivity contribution in [1.29, 1.82) is 0 Å². The van der Waals surface area contributed by atoms with Crippen LogP contribution in [-0.2, 0) is 14.3 Å². The van der Waals surface area contributed by atoms with E-state index in [4.69, 9.17) is 0 Å². The minimum Gasteiger partial charge on any atom is -0.469 e. The maximum Gasteiger partial charge on any atom is 0.305 e. The topological polar surface area (TPSA) is 84.8 Å². The van der Waals surface area contributed by atoms with Gasteiger partial charge in [0.15, 0.2) is 5.78 Å². The lowest BCUT2D eigenvalue weighted by molar-refractivity contribution is -0.140. The molecule has 6 nitrogen and oxygen atoms in total. The number of hydrogen-bond acceptors (Lipinski definition) is 5. The van der Waals surface area contributed by atoms with Gasteiger partial charge in [-0.2, -0.15) is 0 Å². The minimum absolute atomic E-state index is 0.0689. The van der Waals surface area contributed by atoms with Crippen molar-refractivity contribution >= 4 is 23.9 Å². The number of benzene rings is 1. The van der Waals surface area contributed by atoms with Crippen LogP contribution in [0.25, 0.3) is 0 Å². The summed E-state index contributed by atoms with van der Waals surface area (Å²) >= 11 is 0. The summed E-state index contributed by atoms with van der Waals surface area (Å²) in [5, 5.41) is 2.84. The summed E-state index contributed by atoms with van der Waals surface area (Å²) in [6, 6.07) is 9.01. The normalized spacial score (nSPS) is 17.5. The van der Waals surface area contributed by atoms with E-state index in [0.29, 0.717) is 37.8 Å². The SMILES string of the molecule is COC(=O)CCCCCC1(C(=O)CCCNC(=O)c2ccccc2)C=CC=N1. The van der Waals surface area contributed by atoms with Gasteiger partial charge in [0.25, 0.3) is 5.91 Å². The number of hydrogen-bond donors (Lipinski definition) is 1. The van der Waals surface area contributed by atoms with Gasteiger partial charge in [-0.1, -0.05) is 31.0 Å². The molecule has 1 aliphatic rings. The van der Waals surface area contributed by atoms with Gasteiger partial charge in [0.05, 0.1) is 7.11 Å². The molecule has 1 atom stereocenters. The number of allylic oxidation sites excluding steroid dienone is 1. The predicted octanol–water partition coefficient (Wildman–Crippen LogP) is 3.27. The number of ketones is 1. The van der Waals surface area contributed by atoms with Crippen LogP contribution in [0.5, 0.6) is 0 Å². The lowest BCUT2D eigenvalue weighted by atomic mass is 9.86. The van der Waals surface area contributed by atoms with Crippen molar-refractivity contribution in [2.45, 2.75) is 50.5 Å². The highest BCUT2D eigenvalue weighted by Crippen LogP contribution is 2.27. The quantitative estimate of drug-likeness (QED) is 0.443. The fourth-order valence-electron chi connectivity index (χ4n) is 3.18. The maximum absolute atomic E-state index is 12.7. The number of carbonyl (C=O) groups is 3. The van der Waals surface area contributed by atoms with Crippen LogP contribution in [0.2, 0.25) is 0 Å². The van der Waals surface area contributed by atoms with Crippen molar-refractivity contribution in [1.82, 2.24) is 5.32 Å². The van der Waals surface area contributed by atoms with Gasteiger partial charge in [-0.05, 0) is 43.5 Å². The number of unbranched alkanes of at least 4 members (excludes halogenated alkanes) is 2. The Balaban J connectivity index is 1.72. The second-order valence-corrected chi connectivity index (χ2v) is 6.85. The number of amides is 1. The molecule has 0 aliphatic carbocycles. The smallest absolute Gasteiger partial charge is 0.305 e. The Hall–Kier alpha value is -2.76. The molecule has 0 saturated heterocycles. The van der Waals surface area contributed by atoms with E-state index < -0.39 is 5.54 Å². The number of aliphatic imine (C=N–C) groups is 1. The molecule has 0 fully saturated rings. The monoisotopic (exact) mass is 384 g/mol. The molecule has 1 amide bonds. The number of nitrogens with one attached hydrogen (secondary N) is 1. The zero-order valence-corrected chi connectivity index (χ0v) is 16.4. The molecule has 1 heterocycles. The molecule has 1 unspecified atom stereocenters. The highest BCUT2D eigenvalue weighted by molar-refractivity contribution is 5.96. The second-order valence-electron chi connectivity index (χ2n) is 6.85. The van der Waals surface area contributed by atoms with Crippen LogP contribution in [0.1, 0.15) is 55.3 Å². The summed E-state index contributed by atoms with van der Waals surface area (Å²) < 4.78 is 4.63. The molecule has 1 aliphatic heterocycles. The van der Waals surface area contributed by atoms with Crippen LogP contribution in [0.3, 0.4) is 0 Å². The molecular formula is C22H28N2O4. The zero-order valence-electron chi connectivity index (χ0n) is 16.4. The summed E-state index contributed by atoms with van der Waals surface area (Å²) in [5.74, 6) is -0.270. The molecular weight excluding hydrogens is 356 g/mol. The Labute approximate surface area is 166 Å². The van der Waals surface area contributed by atoms with E-state index in [1.54, 1.807) is 18.3 Å². The van der Waals surface area contributed by atoms with Crippen molar-refractivity contribution in [3.63, 3.8) is 0 Å². The summed E-state index contributed by atoms with van der Waals surface area (Å²) in [4.78, 5) is 40.3. The third-order valence-electron chi connectivity index (χ3n) is 4.81. The molecule has 0 radical (unpaired) electrons. The third-order valence-corrected chi connectivity index (χ3v) is 4.81. The molecule has 1 aromatic rings. The summed E-state index contributed by atoms with van der Waals surface area (Å²) in [5.41, 5.74) is -0.171. The van der Waals surface area contributed by atoms with Crippen molar-refractivity contribution in [2.24, 2.45) is 4.99 Å². The Morgan fingerprint density at radius 2 is 1.82 bits per heavy atom. The maximum atomic E-state index is 12.7. The number of esters is 1. The first kappa shape index (κ1) is 21.5. The van der Waals surface area contributed by atoms with Crippen molar-refractivity contribution in [2.75, 3.05) is 13.7 Å². The Kier molecular flexibility index (Phi) is 8.59. The largest absolute Gasteiger partial charge is 0.469 e. The van der Waals surface area contributed by atoms with Gasteiger partial charge < -0.3 is 10.1 Å². The second kappa shape index (κ2) is 11.2. The van der Waals surface area contributed by atoms with Gasteiger partial charge in [-0.25, -0.2) is 0 Å².